The normalized spacial score (nSPS) is 21.1. The summed E-state index contributed by atoms with van der Waals surface area (Å²) in [5, 5.41) is 6.54. The third kappa shape index (κ3) is 2.09. The van der Waals surface area contributed by atoms with Gasteiger partial charge in [-0.2, -0.15) is 0 Å². The van der Waals surface area contributed by atoms with Gasteiger partial charge in [0.05, 0.1) is 5.25 Å². The monoisotopic (exact) mass is 212 g/mol. The molecule has 1 aliphatic rings. The molecule has 2 heterocycles. The fourth-order valence-electron chi connectivity index (χ4n) is 1.42. The van der Waals surface area contributed by atoms with Crippen LogP contribution in [0.3, 0.4) is 0 Å². The molecule has 76 valence electrons. The van der Waals surface area contributed by atoms with E-state index in [9.17, 15) is 4.79 Å². The summed E-state index contributed by atoms with van der Waals surface area (Å²) in [7, 11) is 0. The number of nitrogens with zero attached hydrogens (tertiary/aromatic N) is 1. The molecule has 1 amide bonds. The van der Waals surface area contributed by atoms with Gasteiger partial charge in [-0.15, -0.1) is 11.8 Å². The van der Waals surface area contributed by atoms with E-state index in [0.717, 1.165) is 18.6 Å². The lowest BCUT2D eigenvalue weighted by Crippen LogP contribution is -2.22. The standard InChI is InChI=1S/C9H12N2O2S/c1-6-5-8(11-13-6)10-9(12)7-3-2-4-14-7/h5,7H,2-4H2,1H3,(H,10,11,12). The minimum Gasteiger partial charge on any atom is -0.360 e. The molecule has 0 radical (unpaired) electrons. The van der Waals surface area contributed by atoms with Crippen LogP contribution >= 0.6 is 11.8 Å². The number of nitrogens with one attached hydrogen (secondary N) is 1. The van der Waals surface area contributed by atoms with Crippen LogP contribution in [0.2, 0.25) is 0 Å². The fourth-order valence-corrected chi connectivity index (χ4v) is 2.58. The molecule has 1 fully saturated rings. The highest BCUT2D eigenvalue weighted by Crippen LogP contribution is 2.27. The Morgan fingerprint density at radius 3 is 3.21 bits per heavy atom. The second-order valence-electron chi connectivity index (χ2n) is 3.31. The van der Waals surface area contributed by atoms with Crippen LogP contribution in [-0.2, 0) is 4.79 Å². The quantitative estimate of drug-likeness (QED) is 0.812. The maximum atomic E-state index is 11.6. The first-order chi connectivity index (χ1) is 6.75. The minimum absolute atomic E-state index is 0.0424. The molecule has 14 heavy (non-hydrogen) atoms. The van der Waals surface area contributed by atoms with Gasteiger partial charge < -0.3 is 9.84 Å². The van der Waals surface area contributed by atoms with Crippen LogP contribution in [0, 0.1) is 6.92 Å². The van der Waals surface area contributed by atoms with Crippen molar-refractivity contribution in [1.82, 2.24) is 5.16 Å². The molecule has 0 spiro atoms. The number of amides is 1. The predicted molar refractivity (Wildman–Crippen MR) is 55.3 cm³/mol. The Morgan fingerprint density at radius 1 is 1.79 bits per heavy atom. The van der Waals surface area contributed by atoms with Crippen molar-refractivity contribution in [3.63, 3.8) is 0 Å². The number of hydrogen-bond acceptors (Lipinski definition) is 4. The van der Waals surface area contributed by atoms with E-state index < -0.39 is 0 Å². The van der Waals surface area contributed by atoms with Crippen LogP contribution in [0.25, 0.3) is 0 Å². The van der Waals surface area contributed by atoms with Crippen molar-refractivity contribution in [2.45, 2.75) is 25.0 Å². The SMILES string of the molecule is Cc1cc(NC(=O)C2CCCS2)no1. The van der Waals surface area contributed by atoms with Gasteiger partial charge in [-0.1, -0.05) is 5.16 Å². The Hall–Kier alpha value is -0.970. The Balaban J connectivity index is 1.93. The van der Waals surface area contributed by atoms with Crippen LogP contribution in [0.5, 0.6) is 0 Å². The zero-order valence-electron chi connectivity index (χ0n) is 7.95. The number of carbonyl (C=O) groups is 1. The summed E-state index contributed by atoms with van der Waals surface area (Å²) in [6.45, 7) is 1.80. The molecule has 1 saturated heterocycles. The van der Waals surface area contributed by atoms with E-state index in [1.54, 1.807) is 24.8 Å². The van der Waals surface area contributed by atoms with Crippen molar-refractivity contribution in [2.75, 3.05) is 11.1 Å². The second-order valence-corrected chi connectivity index (χ2v) is 4.62. The Morgan fingerprint density at radius 2 is 2.64 bits per heavy atom. The van der Waals surface area contributed by atoms with Gasteiger partial charge in [-0.25, -0.2) is 0 Å². The zero-order chi connectivity index (χ0) is 9.97. The average Bonchev–Trinajstić information content (AvgIpc) is 2.75. The molecule has 1 N–H and O–H groups in total. The molecule has 0 saturated carbocycles. The van der Waals surface area contributed by atoms with Crippen LogP contribution < -0.4 is 5.32 Å². The van der Waals surface area contributed by atoms with Gasteiger partial charge in [0.1, 0.15) is 5.76 Å². The van der Waals surface area contributed by atoms with Gasteiger partial charge in [-0.05, 0) is 25.5 Å². The van der Waals surface area contributed by atoms with Gasteiger partial charge in [-0.3, -0.25) is 4.79 Å². The smallest absolute Gasteiger partial charge is 0.238 e. The Labute approximate surface area is 86.4 Å². The summed E-state index contributed by atoms with van der Waals surface area (Å²) >= 11 is 1.71. The first-order valence-electron chi connectivity index (χ1n) is 4.61. The molecule has 1 aromatic heterocycles. The first kappa shape index (κ1) is 9.58. The van der Waals surface area contributed by atoms with Crippen molar-refractivity contribution in [1.29, 1.82) is 0 Å². The number of aromatic nitrogens is 1. The summed E-state index contributed by atoms with van der Waals surface area (Å²) in [6.07, 6.45) is 2.09. The van der Waals surface area contributed by atoms with Crippen molar-refractivity contribution >= 4 is 23.5 Å². The molecule has 0 aromatic carbocycles. The van der Waals surface area contributed by atoms with E-state index >= 15 is 0 Å². The number of hydrogen-bond donors (Lipinski definition) is 1. The van der Waals surface area contributed by atoms with Gasteiger partial charge >= 0.3 is 0 Å². The lowest BCUT2D eigenvalue weighted by molar-refractivity contribution is -0.115. The summed E-state index contributed by atoms with van der Waals surface area (Å²) < 4.78 is 4.86. The van der Waals surface area contributed by atoms with Gasteiger partial charge in [0.2, 0.25) is 5.91 Å². The van der Waals surface area contributed by atoms with Gasteiger partial charge in [0.15, 0.2) is 5.82 Å². The zero-order valence-corrected chi connectivity index (χ0v) is 8.76. The lowest BCUT2D eigenvalue weighted by atomic mass is 10.2. The lowest BCUT2D eigenvalue weighted by Gasteiger charge is -2.06. The topological polar surface area (TPSA) is 55.1 Å². The Kier molecular flexibility index (Phi) is 2.77. The molecular weight excluding hydrogens is 200 g/mol. The van der Waals surface area contributed by atoms with E-state index in [1.165, 1.54) is 0 Å². The summed E-state index contributed by atoms with van der Waals surface area (Å²) in [5.74, 6) is 2.34. The summed E-state index contributed by atoms with van der Waals surface area (Å²) in [5.41, 5.74) is 0. The van der Waals surface area contributed by atoms with Gasteiger partial charge in [0, 0.05) is 6.07 Å². The number of thioether (sulfide) groups is 1. The summed E-state index contributed by atoms with van der Waals surface area (Å²) in [6, 6.07) is 1.72. The molecule has 0 bridgehead atoms. The Bertz CT molecular complexity index is 331. The highest BCUT2D eigenvalue weighted by atomic mass is 32.2. The number of carbonyl (C=O) groups excluding carboxylic acids is 1. The van der Waals surface area contributed by atoms with Crippen LogP contribution in [0.15, 0.2) is 10.6 Å². The number of anilines is 1. The second kappa shape index (κ2) is 4.04. The molecule has 1 aliphatic heterocycles. The third-order valence-corrected chi connectivity index (χ3v) is 3.48. The number of aryl methyl sites for hydroxylation is 1. The fraction of sp³-hybridized carbons (Fsp3) is 0.556. The molecule has 2 rings (SSSR count). The van der Waals surface area contributed by atoms with Crippen LogP contribution in [0.4, 0.5) is 5.82 Å². The first-order valence-corrected chi connectivity index (χ1v) is 5.66. The van der Waals surface area contributed by atoms with Crippen LogP contribution in [0.1, 0.15) is 18.6 Å². The average molecular weight is 212 g/mol. The maximum Gasteiger partial charge on any atom is 0.238 e. The predicted octanol–water partition coefficient (Wildman–Crippen LogP) is 1.82. The van der Waals surface area contributed by atoms with E-state index in [2.05, 4.69) is 10.5 Å². The van der Waals surface area contributed by atoms with E-state index in [4.69, 9.17) is 4.52 Å². The third-order valence-electron chi connectivity index (χ3n) is 2.10. The molecule has 1 atom stereocenters. The van der Waals surface area contributed by atoms with Gasteiger partial charge in [0.25, 0.3) is 0 Å². The van der Waals surface area contributed by atoms with Crippen molar-refractivity contribution in [3.8, 4) is 0 Å². The highest BCUT2D eigenvalue weighted by molar-refractivity contribution is 8.00. The van der Waals surface area contributed by atoms with E-state index in [-0.39, 0.29) is 11.2 Å². The van der Waals surface area contributed by atoms with Crippen molar-refractivity contribution < 1.29 is 9.32 Å². The number of rotatable bonds is 2. The molecule has 1 aromatic rings. The van der Waals surface area contributed by atoms with Crippen molar-refractivity contribution in [3.05, 3.63) is 11.8 Å². The maximum absolute atomic E-state index is 11.6. The largest absolute Gasteiger partial charge is 0.360 e. The molecule has 0 aliphatic carbocycles. The minimum atomic E-state index is 0.0424. The van der Waals surface area contributed by atoms with E-state index in [1.807, 2.05) is 0 Å². The molecule has 1 unspecified atom stereocenters. The molecular formula is C9H12N2O2S. The highest BCUT2D eigenvalue weighted by Gasteiger charge is 2.23. The molecule has 5 heteroatoms. The van der Waals surface area contributed by atoms with Crippen molar-refractivity contribution in [2.24, 2.45) is 0 Å². The summed E-state index contributed by atoms with van der Waals surface area (Å²) in [4.78, 5) is 11.6. The molecule has 4 nitrogen and oxygen atoms in total. The van der Waals surface area contributed by atoms with Crippen LogP contribution in [-0.4, -0.2) is 22.1 Å². The van der Waals surface area contributed by atoms with E-state index in [0.29, 0.717) is 11.6 Å².